The van der Waals surface area contributed by atoms with Crippen molar-refractivity contribution in [3.63, 3.8) is 0 Å². The van der Waals surface area contributed by atoms with Gasteiger partial charge in [0, 0.05) is 18.2 Å². The van der Waals surface area contributed by atoms with E-state index in [2.05, 4.69) is 5.32 Å². The van der Waals surface area contributed by atoms with Crippen LogP contribution < -0.4 is 10.1 Å². The molecule has 0 amide bonds. The largest absolute Gasteiger partial charge is 0.496 e. The number of hydrogen-bond donors (Lipinski definition) is 1. The van der Waals surface area contributed by atoms with Crippen molar-refractivity contribution >= 4 is 11.4 Å². The van der Waals surface area contributed by atoms with Crippen LogP contribution in [0, 0.1) is 10.1 Å². The first-order valence-electron chi connectivity index (χ1n) is 6.54. The molecular weight excluding hydrogens is 313 g/mol. The van der Waals surface area contributed by atoms with Crippen molar-refractivity contribution in [2.45, 2.75) is 12.7 Å². The van der Waals surface area contributed by atoms with Crippen molar-refractivity contribution in [1.29, 1.82) is 0 Å². The highest BCUT2D eigenvalue weighted by molar-refractivity contribution is 5.63. The second-order valence-corrected chi connectivity index (χ2v) is 4.65. The minimum atomic E-state index is -4.63. The first kappa shape index (κ1) is 16.6. The lowest BCUT2D eigenvalue weighted by Crippen LogP contribution is -2.08. The minimum Gasteiger partial charge on any atom is -0.496 e. The lowest BCUT2D eigenvalue weighted by Gasteiger charge is -2.12. The summed E-state index contributed by atoms with van der Waals surface area (Å²) in [6.07, 6.45) is -4.63. The summed E-state index contributed by atoms with van der Waals surface area (Å²) in [6, 6.07) is 9.38. The summed E-state index contributed by atoms with van der Waals surface area (Å²) in [7, 11) is 1.49. The Kier molecular flexibility index (Phi) is 4.73. The Morgan fingerprint density at radius 3 is 2.52 bits per heavy atom. The fourth-order valence-electron chi connectivity index (χ4n) is 2.05. The summed E-state index contributed by atoms with van der Waals surface area (Å²) in [6.45, 7) is 0.177. The predicted molar refractivity (Wildman–Crippen MR) is 78.4 cm³/mol. The molecular formula is C15H13F3N2O3. The van der Waals surface area contributed by atoms with Gasteiger partial charge in [-0.2, -0.15) is 13.2 Å². The molecule has 0 bridgehead atoms. The number of nitrogens with zero attached hydrogens (tertiary/aromatic N) is 1. The van der Waals surface area contributed by atoms with E-state index in [0.29, 0.717) is 11.8 Å². The summed E-state index contributed by atoms with van der Waals surface area (Å²) >= 11 is 0. The van der Waals surface area contributed by atoms with Crippen LogP contribution in [0.15, 0.2) is 42.5 Å². The molecule has 0 saturated carbocycles. The maximum atomic E-state index is 12.7. The van der Waals surface area contributed by atoms with Crippen LogP contribution in [0.1, 0.15) is 11.1 Å². The molecule has 0 aliphatic rings. The van der Waals surface area contributed by atoms with E-state index in [4.69, 9.17) is 4.74 Å². The molecule has 1 N–H and O–H groups in total. The lowest BCUT2D eigenvalue weighted by atomic mass is 10.1. The number of hydrogen-bond acceptors (Lipinski definition) is 4. The fourth-order valence-corrected chi connectivity index (χ4v) is 2.05. The number of alkyl halides is 3. The van der Waals surface area contributed by atoms with Crippen molar-refractivity contribution in [3.05, 3.63) is 63.7 Å². The molecule has 2 aromatic rings. The number of nitrogens with one attached hydrogen (secondary N) is 1. The molecule has 0 aromatic heterocycles. The highest BCUT2D eigenvalue weighted by Gasteiger charge is 2.33. The molecule has 0 aliphatic heterocycles. The molecule has 2 aromatic carbocycles. The molecule has 0 aliphatic carbocycles. The van der Waals surface area contributed by atoms with Gasteiger partial charge in [-0.05, 0) is 18.2 Å². The second kappa shape index (κ2) is 6.55. The van der Waals surface area contributed by atoms with E-state index in [1.807, 2.05) is 0 Å². The number of rotatable bonds is 5. The number of nitro groups is 1. The topological polar surface area (TPSA) is 64.4 Å². The van der Waals surface area contributed by atoms with Crippen LogP contribution in [0.5, 0.6) is 5.75 Å². The zero-order chi connectivity index (χ0) is 17.0. The van der Waals surface area contributed by atoms with E-state index < -0.39 is 22.4 Å². The van der Waals surface area contributed by atoms with Crippen LogP contribution in [-0.2, 0) is 12.7 Å². The van der Waals surface area contributed by atoms with E-state index in [1.54, 1.807) is 24.3 Å². The molecule has 0 unspecified atom stereocenters. The van der Waals surface area contributed by atoms with Crippen LogP contribution in [-0.4, -0.2) is 12.0 Å². The highest BCUT2D eigenvalue weighted by Crippen LogP contribution is 2.35. The number of nitro benzene ring substituents is 1. The molecule has 122 valence electrons. The van der Waals surface area contributed by atoms with Gasteiger partial charge in [-0.15, -0.1) is 0 Å². The number of anilines is 1. The van der Waals surface area contributed by atoms with Crippen molar-refractivity contribution in [2.75, 3.05) is 12.4 Å². The number of halogens is 3. The Morgan fingerprint density at radius 1 is 1.22 bits per heavy atom. The third-order valence-electron chi connectivity index (χ3n) is 3.18. The lowest BCUT2D eigenvalue weighted by molar-refractivity contribution is -0.384. The molecule has 5 nitrogen and oxygen atoms in total. The number of benzene rings is 2. The van der Waals surface area contributed by atoms with Gasteiger partial charge >= 0.3 is 6.18 Å². The predicted octanol–water partition coefficient (Wildman–Crippen LogP) is 4.23. The van der Waals surface area contributed by atoms with Crippen LogP contribution in [0.4, 0.5) is 24.5 Å². The molecule has 0 atom stereocenters. The molecule has 8 heteroatoms. The Bertz CT molecular complexity index is 717. The average molecular weight is 326 g/mol. The van der Waals surface area contributed by atoms with Gasteiger partial charge in [-0.3, -0.25) is 10.1 Å². The third-order valence-corrected chi connectivity index (χ3v) is 3.18. The zero-order valence-electron chi connectivity index (χ0n) is 12.1. The van der Waals surface area contributed by atoms with Gasteiger partial charge in [0.15, 0.2) is 0 Å². The van der Waals surface area contributed by atoms with E-state index in [0.717, 1.165) is 17.7 Å². The number of para-hydroxylation sites is 1. The maximum Gasteiger partial charge on any atom is 0.416 e. The van der Waals surface area contributed by atoms with Crippen molar-refractivity contribution < 1.29 is 22.8 Å². The Hall–Kier alpha value is -2.77. The van der Waals surface area contributed by atoms with Crippen LogP contribution >= 0.6 is 0 Å². The normalized spacial score (nSPS) is 11.1. The van der Waals surface area contributed by atoms with Gasteiger partial charge in [0.2, 0.25) is 0 Å². The smallest absolute Gasteiger partial charge is 0.416 e. The third kappa shape index (κ3) is 3.91. The van der Waals surface area contributed by atoms with Crippen molar-refractivity contribution in [1.82, 2.24) is 0 Å². The van der Waals surface area contributed by atoms with Gasteiger partial charge in [0.1, 0.15) is 11.4 Å². The van der Waals surface area contributed by atoms with E-state index in [1.165, 1.54) is 7.11 Å². The van der Waals surface area contributed by atoms with Crippen molar-refractivity contribution in [3.8, 4) is 5.75 Å². The first-order chi connectivity index (χ1) is 10.8. The highest BCUT2D eigenvalue weighted by atomic mass is 19.4. The summed E-state index contributed by atoms with van der Waals surface area (Å²) in [5.74, 6) is 0.578. The number of methoxy groups -OCH3 is 1. The summed E-state index contributed by atoms with van der Waals surface area (Å²) in [4.78, 5) is 10.2. The summed E-state index contributed by atoms with van der Waals surface area (Å²) in [5.41, 5.74) is -0.958. The van der Waals surface area contributed by atoms with E-state index in [-0.39, 0.29) is 12.2 Å². The molecule has 0 saturated heterocycles. The molecule has 0 radical (unpaired) electrons. The van der Waals surface area contributed by atoms with Gasteiger partial charge in [0.25, 0.3) is 5.69 Å². The summed E-state index contributed by atoms with van der Waals surface area (Å²) in [5, 5.41) is 13.8. The molecule has 2 rings (SSSR count). The Balaban J connectivity index is 2.27. The van der Waals surface area contributed by atoms with Gasteiger partial charge in [-0.1, -0.05) is 18.2 Å². The zero-order valence-corrected chi connectivity index (χ0v) is 12.1. The molecule has 0 spiro atoms. The van der Waals surface area contributed by atoms with Crippen molar-refractivity contribution in [2.24, 2.45) is 0 Å². The number of ether oxygens (including phenoxy) is 1. The molecule has 0 heterocycles. The second-order valence-electron chi connectivity index (χ2n) is 4.65. The van der Waals surface area contributed by atoms with Gasteiger partial charge in [-0.25, -0.2) is 0 Å². The SMILES string of the molecule is COc1ccccc1CNc1ccc(C(F)(F)F)cc1[N+](=O)[O-]. The van der Waals surface area contributed by atoms with Gasteiger partial charge in [0.05, 0.1) is 17.6 Å². The monoisotopic (exact) mass is 326 g/mol. The quantitative estimate of drug-likeness (QED) is 0.659. The maximum absolute atomic E-state index is 12.7. The van der Waals surface area contributed by atoms with Crippen LogP contribution in [0.3, 0.4) is 0 Å². The van der Waals surface area contributed by atoms with E-state index in [9.17, 15) is 23.3 Å². The standard InChI is InChI=1S/C15H13F3N2O3/c1-23-14-5-3-2-4-10(14)9-19-12-7-6-11(15(16,17)18)8-13(12)20(21)22/h2-8,19H,9H2,1H3. The Labute approximate surface area is 129 Å². The van der Waals surface area contributed by atoms with E-state index >= 15 is 0 Å². The average Bonchev–Trinajstić information content (AvgIpc) is 2.52. The minimum absolute atomic E-state index is 0.00825. The summed E-state index contributed by atoms with van der Waals surface area (Å²) < 4.78 is 43.1. The van der Waals surface area contributed by atoms with Crippen LogP contribution in [0.25, 0.3) is 0 Å². The molecule has 0 fully saturated rings. The Morgan fingerprint density at radius 2 is 1.91 bits per heavy atom. The fraction of sp³-hybridized carbons (Fsp3) is 0.200. The molecule has 23 heavy (non-hydrogen) atoms. The first-order valence-corrected chi connectivity index (χ1v) is 6.54. The van der Waals surface area contributed by atoms with Gasteiger partial charge < -0.3 is 10.1 Å². The van der Waals surface area contributed by atoms with Crippen LogP contribution in [0.2, 0.25) is 0 Å².